The highest BCUT2D eigenvalue weighted by Crippen LogP contribution is 2.31. The van der Waals surface area contributed by atoms with Gasteiger partial charge in [0.2, 0.25) is 11.7 Å². The second kappa shape index (κ2) is 10.2. The average Bonchev–Trinajstić information content (AvgIpc) is 3.24. The van der Waals surface area contributed by atoms with Gasteiger partial charge < -0.3 is 9.64 Å². The summed E-state index contributed by atoms with van der Waals surface area (Å²) in [5, 5.41) is 0.664. The van der Waals surface area contributed by atoms with Gasteiger partial charge in [0.15, 0.2) is 0 Å². The Morgan fingerprint density at radius 1 is 1.08 bits per heavy atom. The molecule has 1 amide bonds. The molecule has 2 aliphatic heterocycles. The molecule has 2 fully saturated rings. The maximum atomic E-state index is 13.7. The predicted molar refractivity (Wildman–Crippen MR) is 142 cm³/mol. The summed E-state index contributed by atoms with van der Waals surface area (Å²) in [6.07, 6.45) is 5.10. The number of aromatic nitrogens is 4. The number of nitrogens with zero attached hydrogens (tertiary/aromatic N) is 6. The number of pyridine rings is 1. The molecule has 4 aromatic rings. The van der Waals surface area contributed by atoms with Crippen molar-refractivity contribution in [2.75, 3.05) is 20.2 Å². The Bertz CT molecular complexity index is 1500. The second-order valence-corrected chi connectivity index (χ2v) is 10.2. The van der Waals surface area contributed by atoms with Crippen LogP contribution in [-0.4, -0.2) is 73.1 Å². The Labute approximate surface area is 225 Å². The van der Waals surface area contributed by atoms with Crippen molar-refractivity contribution < 1.29 is 14.3 Å². The van der Waals surface area contributed by atoms with Crippen LogP contribution in [0.4, 0.5) is 0 Å². The van der Waals surface area contributed by atoms with Crippen LogP contribution >= 0.6 is 11.6 Å². The molecule has 0 radical (unpaired) electrons. The van der Waals surface area contributed by atoms with Gasteiger partial charge in [-0.05, 0) is 30.7 Å². The number of hydrogen-bond donors (Lipinski definition) is 0. The number of Topliss-reactive ketones (excluding diaryl/α,β-unsaturated/α-hetero) is 1. The van der Waals surface area contributed by atoms with Gasteiger partial charge in [0.05, 0.1) is 24.5 Å². The van der Waals surface area contributed by atoms with E-state index >= 15 is 0 Å². The fourth-order valence-corrected chi connectivity index (χ4v) is 5.74. The zero-order chi connectivity index (χ0) is 26.2. The number of amides is 1. The molecule has 0 aliphatic carbocycles. The summed E-state index contributed by atoms with van der Waals surface area (Å²) in [6.45, 7) is 1.92. The number of benzene rings is 1. The third kappa shape index (κ3) is 4.63. The number of fused-ring (bicyclic) bond motifs is 3. The van der Waals surface area contributed by atoms with Crippen molar-refractivity contribution in [3.63, 3.8) is 0 Å². The summed E-state index contributed by atoms with van der Waals surface area (Å²) in [5.41, 5.74) is 3.14. The molecule has 2 aliphatic rings. The fraction of sp³-hybridized carbons (Fsp3) is 0.321. The number of carbonyl (C=O) groups is 2. The topological polar surface area (TPSA) is 92.9 Å². The molecule has 0 saturated carbocycles. The molecule has 5 heterocycles. The number of halogens is 1. The average molecular weight is 531 g/mol. The highest BCUT2D eigenvalue weighted by atomic mass is 35.5. The molecule has 2 saturated heterocycles. The molecule has 10 heteroatoms. The SMILES string of the molecule is COc1cccc(C(=O)N2C3CCN(Cc4c(-c5ccc(Cl)cc5)nc5ncccn45)CC2CC(=O)C3)n1. The highest BCUT2D eigenvalue weighted by Gasteiger charge is 2.41. The Morgan fingerprint density at radius 3 is 2.71 bits per heavy atom. The van der Waals surface area contributed by atoms with Crippen molar-refractivity contribution in [1.29, 1.82) is 0 Å². The van der Waals surface area contributed by atoms with Gasteiger partial charge in [-0.1, -0.05) is 29.8 Å². The zero-order valence-electron chi connectivity index (χ0n) is 21.0. The second-order valence-electron chi connectivity index (χ2n) is 9.76. The molecular formula is C28H27ClN6O3. The highest BCUT2D eigenvalue weighted by molar-refractivity contribution is 6.30. The van der Waals surface area contributed by atoms with Crippen LogP contribution in [0.1, 0.15) is 35.4 Å². The summed E-state index contributed by atoms with van der Waals surface area (Å²) in [5.74, 6) is 1.06. The van der Waals surface area contributed by atoms with E-state index in [1.165, 1.54) is 7.11 Å². The summed E-state index contributed by atoms with van der Waals surface area (Å²) in [7, 11) is 1.53. The third-order valence-corrected chi connectivity index (χ3v) is 7.59. The van der Waals surface area contributed by atoms with Crippen LogP contribution in [0.2, 0.25) is 5.02 Å². The first kappa shape index (κ1) is 24.5. The lowest BCUT2D eigenvalue weighted by Crippen LogP contribution is -2.53. The molecule has 2 unspecified atom stereocenters. The molecule has 3 aromatic heterocycles. The van der Waals surface area contributed by atoms with Gasteiger partial charge in [-0.3, -0.25) is 18.9 Å². The third-order valence-electron chi connectivity index (χ3n) is 7.34. The number of carbonyl (C=O) groups excluding carboxylic acids is 2. The van der Waals surface area contributed by atoms with E-state index in [-0.39, 0.29) is 23.8 Å². The van der Waals surface area contributed by atoms with Crippen LogP contribution in [0, 0.1) is 0 Å². The van der Waals surface area contributed by atoms with Crippen molar-refractivity contribution >= 4 is 29.1 Å². The molecule has 0 spiro atoms. The van der Waals surface area contributed by atoms with E-state index < -0.39 is 0 Å². The predicted octanol–water partition coefficient (Wildman–Crippen LogP) is 3.90. The Hall–Kier alpha value is -3.82. The maximum absolute atomic E-state index is 13.7. The van der Waals surface area contributed by atoms with Crippen LogP contribution < -0.4 is 4.74 Å². The lowest BCUT2D eigenvalue weighted by Gasteiger charge is -2.39. The number of rotatable bonds is 5. The normalized spacial score (nSPS) is 19.9. The molecule has 2 bridgehead atoms. The van der Waals surface area contributed by atoms with Crippen LogP contribution in [-0.2, 0) is 11.3 Å². The number of methoxy groups -OCH3 is 1. The van der Waals surface area contributed by atoms with Gasteiger partial charge in [0, 0.05) is 67.6 Å². The van der Waals surface area contributed by atoms with E-state index in [0.29, 0.717) is 54.7 Å². The summed E-state index contributed by atoms with van der Waals surface area (Å²) in [4.78, 5) is 44.2. The van der Waals surface area contributed by atoms with Crippen molar-refractivity contribution in [3.8, 4) is 17.1 Å². The molecule has 6 rings (SSSR count). The van der Waals surface area contributed by atoms with Crippen LogP contribution in [0.3, 0.4) is 0 Å². The number of piperidine rings is 1. The molecule has 0 N–H and O–H groups in total. The van der Waals surface area contributed by atoms with Gasteiger partial charge in [-0.15, -0.1) is 0 Å². The summed E-state index contributed by atoms with van der Waals surface area (Å²) in [6, 6.07) is 14.3. The smallest absolute Gasteiger partial charge is 0.273 e. The monoisotopic (exact) mass is 530 g/mol. The minimum absolute atomic E-state index is 0.158. The van der Waals surface area contributed by atoms with E-state index in [1.807, 2.05) is 45.8 Å². The molecule has 1 aromatic carbocycles. The number of hydrogen-bond acceptors (Lipinski definition) is 7. The molecule has 2 atom stereocenters. The van der Waals surface area contributed by atoms with Crippen LogP contribution in [0.5, 0.6) is 5.88 Å². The first-order valence-electron chi connectivity index (χ1n) is 12.7. The molecule has 38 heavy (non-hydrogen) atoms. The van der Waals surface area contributed by atoms with Crippen molar-refractivity contribution in [3.05, 3.63) is 77.3 Å². The van der Waals surface area contributed by atoms with E-state index in [4.69, 9.17) is 21.3 Å². The van der Waals surface area contributed by atoms with Crippen LogP contribution in [0.15, 0.2) is 60.9 Å². The molecular weight excluding hydrogens is 504 g/mol. The van der Waals surface area contributed by atoms with E-state index in [9.17, 15) is 9.59 Å². The minimum atomic E-state index is -0.236. The minimum Gasteiger partial charge on any atom is -0.481 e. The van der Waals surface area contributed by atoms with Crippen molar-refractivity contribution in [2.24, 2.45) is 0 Å². The lowest BCUT2D eigenvalue weighted by molar-refractivity contribution is -0.124. The first-order valence-corrected chi connectivity index (χ1v) is 13.0. The Balaban J connectivity index is 1.32. The fourth-order valence-electron chi connectivity index (χ4n) is 5.61. The van der Waals surface area contributed by atoms with E-state index in [1.54, 1.807) is 24.4 Å². The van der Waals surface area contributed by atoms with Crippen molar-refractivity contribution in [2.45, 2.75) is 37.9 Å². The number of ketones is 1. The van der Waals surface area contributed by atoms with Crippen molar-refractivity contribution in [1.82, 2.24) is 29.2 Å². The lowest BCUT2D eigenvalue weighted by atomic mass is 9.93. The van der Waals surface area contributed by atoms with Gasteiger partial charge >= 0.3 is 0 Å². The van der Waals surface area contributed by atoms with E-state index in [0.717, 1.165) is 23.5 Å². The number of imidazole rings is 1. The summed E-state index contributed by atoms with van der Waals surface area (Å²) >= 11 is 6.14. The number of ether oxygens (including phenoxy) is 1. The van der Waals surface area contributed by atoms with E-state index in [2.05, 4.69) is 14.9 Å². The first-order chi connectivity index (χ1) is 18.5. The standard InChI is InChI=1S/C28H27ClN6O3/c1-38-25-5-2-4-23(31-25)27(37)35-20-10-13-33(16-21(35)15-22(36)14-20)17-24-26(18-6-8-19(29)9-7-18)32-28-30-11-3-12-34(24)28/h2-9,11-12,20-21H,10,13-17H2,1H3. The van der Waals surface area contributed by atoms with Crippen LogP contribution in [0.25, 0.3) is 17.0 Å². The Morgan fingerprint density at radius 2 is 1.89 bits per heavy atom. The quantitative estimate of drug-likeness (QED) is 0.386. The van der Waals surface area contributed by atoms with Gasteiger partial charge in [0.1, 0.15) is 11.5 Å². The van der Waals surface area contributed by atoms with Gasteiger partial charge in [-0.2, -0.15) is 0 Å². The summed E-state index contributed by atoms with van der Waals surface area (Å²) < 4.78 is 7.24. The molecule has 194 valence electrons. The van der Waals surface area contributed by atoms with Gasteiger partial charge in [0.25, 0.3) is 5.91 Å². The Kier molecular flexibility index (Phi) is 6.55. The zero-order valence-corrected chi connectivity index (χ0v) is 21.7. The molecule has 9 nitrogen and oxygen atoms in total. The maximum Gasteiger partial charge on any atom is 0.273 e. The largest absolute Gasteiger partial charge is 0.481 e. The van der Waals surface area contributed by atoms with Gasteiger partial charge in [-0.25, -0.2) is 15.0 Å².